The summed E-state index contributed by atoms with van der Waals surface area (Å²) in [5, 5.41) is 23.2. The van der Waals surface area contributed by atoms with Crippen LogP contribution < -0.4 is 5.32 Å². The van der Waals surface area contributed by atoms with Crippen LogP contribution in [-0.2, 0) is 6.18 Å². The van der Waals surface area contributed by atoms with Crippen molar-refractivity contribution in [3.05, 3.63) is 53.3 Å². The van der Waals surface area contributed by atoms with Crippen LogP contribution in [0.5, 0.6) is 5.75 Å². The Kier molecular flexibility index (Phi) is 8.90. The average Bonchev–Trinajstić information content (AvgIpc) is 2.87. The molecule has 0 radical (unpaired) electrons. The molecular weight excluding hydrogens is 511 g/mol. The molecule has 0 aliphatic carbocycles. The Bertz CT molecular complexity index is 1120. The van der Waals surface area contributed by atoms with Gasteiger partial charge in [-0.25, -0.2) is 4.79 Å². The lowest BCUT2D eigenvalue weighted by atomic mass is 9.97. The fourth-order valence-electron chi connectivity index (χ4n) is 5.74. The first kappa shape index (κ1) is 28.9. The standard InChI is InChI=1S/C28H38F3N5O3/c1-18(26(32-3)24-7-6-20(14-25(24)38)28(29,30)31)13-19(2)33-21-5-4-10-35(15-21)22-8-11-34(12-9-22)27(39)36-16-23(37)17-36/h6-7,13-14,21-23,33,37-38H,2,4-5,8-12,15-17H2,1,3H3/b18-13-,32-26?. The molecule has 3 aliphatic rings. The van der Waals surface area contributed by atoms with Crippen LogP contribution in [0.25, 0.3) is 0 Å². The normalized spacial score (nSPS) is 22.6. The van der Waals surface area contributed by atoms with Crippen LogP contribution in [0.4, 0.5) is 18.0 Å². The fourth-order valence-corrected chi connectivity index (χ4v) is 5.74. The molecule has 4 rings (SSSR count). The number of phenols is 1. The Balaban J connectivity index is 1.31. The third-order valence-electron chi connectivity index (χ3n) is 7.79. The van der Waals surface area contributed by atoms with Gasteiger partial charge in [-0.2, -0.15) is 13.2 Å². The number of halogens is 3. The quantitative estimate of drug-likeness (QED) is 0.373. The fraction of sp³-hybridized carbons (Fsp3) is 0.571. The maximum absolute atomic E-state index is 13.0. The summed E-state index contributed by atoms with van der Waals surface area (Å²) < 4.78 is 39.0. The second kappa shape index (κ2) is 12.0. The van der Waals surface area contributed by atoms with Gasteiger partial charge in [-0.3, -0.25) is 9.89 Å². The summed E-state index contributed by atoms with van der Waals surface area (Å²) in [5.74, 6) is -0.477. The summed E-state index contributed by atoms with van der Waals surface area (Å²) in [7, 11) is 1.53. The molecule has 3 fully saturated rings. The number of aliphatic hydroxyl groups is 1. The van der Waals surface area contributed by atoms with Crippen molar-refractivity contribution in [3.63, 3.8) is 0 Å². The number of nitrogens with one attached hydrogen (secondary N) is 1. The number of piperidine rings is 2. The zero-order valence-electron chi connectivity index (χ0n) is 22.5. The van der Waals surface area contributed by atoms with E-state index in [1.54, 1.807) is 17.9 Å². The monoisotopic (exact) mass is 549 g/mol. The van der Waals surface area contributed by atoms with E-state index in [2.05, 4.69) is 21.8 Å². The number of amides is 2. The number of rotatable bonds is 6. The van der Waals surface area contributed by atoms with E-state index in [1.807, 2.05) is 4.90 Å². The first-order valence-electron chi connectivity index (χ1n) is 13.4. The molecule has 11 heteroatoms. The summed E-state index contributed by atoms with van der Waals surface area (Å²) >= 11 is 0. The number of benzene rings is 1. The summed E-state index contributed by atoms with van der Waals surface area (Å²) in [6.45, 7) is 10.1. The zero-order valence-corrected chi connectivity index (χ0v) is 22.5. The second-order valence-corrected chi connectivity index (χ2v) is 10.7. The van der Waals surface area contributed by atoms with Crippen LogP contribution in [0, 0.1) is 0 Å². The summed E-state index contributed by atoms with van der Waals surface area (Å²) in [5.41, 5.74) is 1.05. The van der Waals surface area contributed by atoms with Gasteiger partial charge in [0, 0.05) is 50.0 Å². The minimum Gasteiger partial charge on any atom is -0.507 e. The van der Waals surface area contributed by atoms with Gasteiger partial charge in [0.25, 0.3) is 0 Å². The first-order valence-corrected chi connectivity index (χ1v) is 13.4. The van der Waals surface area contributed by atoms with Gasteiger partial charge < -0.3 is 25.3 Å². The van der Waals surface area contributed by atoms with E-state index in [-0.39, 0.29) is 17.6 Å². The number of aromatic hydroxyl groups is 1. The highest BCUT2D eigenvalue weighted by molar-refractivity contribution is 6.14. The smallest absolute Gasteiger partial charge is 0.416 e. The highest BCUT2D eigenvalue weighted by Crippen LogP contribution is 2.33. The Labute approximate surface area is 227 Å². The van der Waals surface area contributed by atoms with E-state index in [0.717, 1.165) is 57.9 Å². The minimum atomic E-state index is -4.54. The van der Waals surface area contributed by atoms with Gasteiger partial charge in [0.2, 0.25) is 0 Å². The molecule has 3 aliphatic heterocycles. The zero-order chi connectivity index (χ0) is 28.3. The number of carbonyl (C=O) groups excluding carboxylic acids is 1. The molecule has 3 heterocycles. The van der Waals surface area contributed by atoms with E-state index in [1.165, 1.54) is 13.1 Å². The molecule has 39 heavy (non-hydrogen) atoms. The molecule has 2 amide bonds. The molecule has 0 aromatic heterocycles. The maximum Gasteiger partial charge on any atom is 0.416 e. The molecule has 3 N–H and O–H groups in total. The van der Waals surface area contributed by atoms with Gasteiger partial charge in [0.1, 0.15) is 5.75 Å². The lowest BCUT2D eigenvalue weighted by molar-refractivity contribution is -0.137. The van der Waals surface area contributed by atoms with Crippen molar-refractivity contribution < 1.29 is 28.2 Å². The van der Waals surface area contributed by atoms with Crippen LogP contribution >= 0.6 is 0 Å². The molecule has 3 saturated heterocycles. The van der Waals surface area contributed by atoms with Gasteiger partial charge in [-0.1, -0.05) is 6.58 Å². The van der Waals surface area contributed by atoms with Gasteiger partial charge in [-0.05, 0) is 69.0 Å². The number of nitrogens with zero attached hydrogens (tertiary/aromatic N) is 4. The second-order valence-electron chi connectivity index (χ2n) is 10.7. The third-order valence-corrected chi connectivity index (χ3v) is 7.79. The number of aliphatic imine (C=N–C) groups is 1. The number of aliphatic hydroxyl groups excluding tert-OH is 1. The van der Waals surface area contributed by atoms with Crippen molar-refractivity contribution in [1.29, 1.82) is 0 Å². The van der Waals surface area contributed by atoms with Crippen molar-refractivity contribution in [2.24, 2.45) is 4.99 Å². The number of allylic oxidation sites excluding steroid dienone is 2. The largest absolute Gasteiger partial charge is 0.507 e. The number of hydrogen-bond acceptors (Lipinski definition) is 6. The van der Waals surface area contributed by atoms with E-state index in [0.29, 0.717) is 42.2 Å². The Morgan fingerprint density at radius 1 is 1.13 bits per heavy atom. The van der Waals surface area contributed by atoms with Crippen molar-refractivity contribution in [2.45, 2.75) is 57.0 Å². The summed E-state index contributed by atoms with van der Waals surface area (Å²) in [6, 6.07) is 3.51. The van der Waals surface area contributed by atoms with Gasteiger partial charge in [0.15, 0.2) is 0 Å². The molecule has 1 atom stereocenters. The van der Waals surface area contributed by atoms with Crippen LogP contribution in [0.1, 0.15) is 43.7 Å². The molecule has 1 aromatic carbocycles. The van der Waals surface area contributed by atoms with Crippen molar-refractivity contribution in [1.82, 2.24) is 20.0 Å². The Hall–Kier alpha value is -3.05. The number of alkyl halides is 3. The number of likely N-dealkylation sites (tertiary alicyclic amines) is 3. The molecule has 214 valence electrons. The molecule has 0 bridgehead atoms. The molecule has 0 spiro atoms. The third kappa shape index (κ3) is 6.94. The molecule has 8 nitrogen and oxygen atoms in total. The topological polar surface area (TPSA) is 91.6 Å². The van der Waals surface area contributed by atoms with Crippen LogP contribution in [-0.4, -0.2) is 101 Å². The summed E-state index contributed by atoms with van der Waals surface area (Å²) in [4.78, 5) is 22.8. The Morgan fingerprint density at radius 3 is 2.41 bits per heavy atom. The van der Waals surface area contributed by atoms with Gasteiger partial charge in [0.05, 0.1) is 30.5 Å². The number of β-amino-alcohol motifs (C(OH)–C–C–N with tert-alkyl or cyclic N) is 1. The number of urea groups is 1. The van der Waals surface area contributed by atoms with Crippen LogP contribution in [0.15, 0.2) is 47.1 Å². The van der Waals surface area contributed by atoms with E-state index in [4.69, 9.17) is 0 Å². The van der Waals surface area contributed by atoms with Crippen molar-refractivity contribution in [2.75, 3.05) is 46.3 Å². The Morgan fingerprint density at radius 2 is 1.82 bits per heavy atom. The minimum absolute atomic E-state index is 0.0231. The molecule has 1 unspecified atom stereocenters. The first-order chi connectivity index (χ1) is 18.5. The molecule has 0 saturated carbocycles. The van der Waals surface area contributed by atoms with E-state index >= 15 is 0 Å². The van der Waals surface area contributed by atoms with Crippen LogP contribution in [0.3, 0.4) is 0 Å². The van der Waals surface area contributed by atoms with Gasteiger partial charge in [-0.15, -0.1) is 0 Å². The average molecular weight is 550 g/mol. The maximum atomic E-state index is 13.0. The predicted molar refractivity (Wildman–Crippen MR) is 144 cm³/mol. The number of phenolic OH excluding ortho intramolecular Hbond substituents is 1. The molecular formula is C28H38F3N5O3. The highest BCUT2D eigenvalue weighted by Gasteiger charge is 2.35. The van der Waals surface area contributed by atoms with E-state index in [9.17, 15) is 28.2 Å². The summed E-state index contributed by atoms with van der Waals surface area (Å²) in [6.07, 6.45) is 0.739. The predicted octanol–water partition coefficient (Wildman–Crippen LogP) is 3.60. The van der Waals surface area contributed by atoms with Crippen LogP contribution in [0.2, 0.25) is 0 Å². The highest BCUT2D eigenvalue weighted by atomic mass is 19.4. The molecule has 1 aromatic rings. The van der Waals surface area contributed by atoms with Crippen molar-refractivity contribution in [3.8, 4) is 5.75 Å². The lowest BCUT2D eigenvalue weighted by Crippen LogP contribution is -2.59. The lowest BCUT2D eigenvalue weighted by Gasteiger charge is -2.45. The van der Waals surface area contributed by atoms with Crippen molar-refractivity contribution >= 4 is 11.7 Å². The number of carbonyl (C=O) groups is 1. The SMILES string of the molecule is C=C(/C=C(/C)C(=NC)c1ccc(C(F)(F)F)cc1O)NC1CCCN(C2CCN(C(=O)N3CC(O)C3)CC2)C1. The van der Waals surface area contributed by atoms with E-state index < -0.39 is 23.6 Å². The van der Waals surface area contributed by atoms with Gasteiger partial charge >= 0.3 is 12.2 Å². The number of hydrogen-bond donors (Lipinski definition) is 3.